The van der Waals surface area contributed by atoms with Crippen molar-refractivity contribution in [1.29, 1.82) is 0 Å². The van der Waals surface area contributed by atoms with Crippen molar-refractivity contribution in [3.8, 4) is 0 Å². The summed E-state index contributed by atoms with van der Waals surface area (Å²) in [6, 6.07) is 8.13. The van der Waals surface area contributed by atoms with Crippen LogP contribution in [-0.2, 0) is 6.54 Å². The number of benzene rings is 1. The summed E-state index contributed by atoms with van der Waals surface area (Å²) in [4.78, 5) is 2.48. The highest BCUT2D eigenvalue weighted by Gasteiger charge is 2.17. The maximum Gasteiger partial charge on any atom is 0.0409 e. The molecule has 0 aromatic heterocycles. The lowest BCUT2D eigenvalue weighted by Gasteiger charge is -2.31. The van der Waals surface area contributed by atoms with Crippen LogP contribution < -0.4 is 5.73 Å². The maximum absolute atomic E-state index is 5.97. The smallest absolute Gasteiger partial charge is 0.0409 e. The molecule has 2 N–H and O–H groups in total. The van der Waals surface area contributed by atoms with E-state index >= 15 is 0 Å². The van der Waals surface area contributed by atoms with E-state index in [-0.39, 0.29) is 0 Å². The van der Waals surface area contributed by atoms with E-state index in [1.807, 2.05) is 12.1 Å². The van der Waals surface area contributed by atoms with Gasteiger partial charge in [0.1, 0.15) is 0 Å². The standard InChI is InChI=1S/C13H19ClN2/c14-13-3-1-2-12(8-13)10-16-6-4-11(9-15)5-7-16/h1-3,8,11H,4-7,9-10,15H2. The molecule has 1 fully saturated rings. The first-order chi connectivity index (χ1) is 7.78. The van der Waals surface area contributed by atoms with Gasteiger partial charge in [0, 0.05) is 11.6 Å². The molecule has 1 aliphatic heterocycles. The Morgan fingerprint density at radius 1 is 1.31 bits per heavy atom. The van der Waals surface area contributed by atoms with Crippen LogP contribution in [0.4, 0.5) is 0 Å². The van der Waals surface area contributed by atoms with Gasteiger partial charge in [-0.1, -0.05) is 23.7 Å². The number of nitrogens with zero attached hydrogens (tertiary/aromatic N) is 1. The van der Waals surface area contributed by atoms with Crippen LogP contribution in [0.5, 0.6) is 0 Å². The Balaban J connectivity index is 1.87. The van der Waals surface area contributed by atoms with Crippen molar-refractivity contribution in [2.24, 2.45) is 11.7 Å². The lowest BCUT2D eigenvalue weighted by molar-refractivity contribution is 0.180. The van der Waals surface area contributed by atoms with Gasteiger partial charge in [-0.05, 0) is 56.1 Å². The SMILES string of the molecule is NCC1CCN(Cc2cccc(Cl)c2)CC1. The van der Waals surface area contributed by atoms with Crippen LogP contribution in [0.1, 0.15) is 18.4 Å². The lowest BCUT2D eigenvalue weighted by atomic mass is 9.97. The summed E-state index contributed by atoms with van der Waals surface area (Å²) in [6.07, 6.45) is 2.47. The Morgan fingerprint density at radius 3 is 2.69 bits per heavy atom. The van der Waals surface area contributed by atoms with Crippen LogP contribution in [0, 0.1) is 5.92 Å². The fourth-order valence-corrected chi connectivity index (χ4v) is 2.49. The van der Waals surface area contributed by atoms with Crippen molar-refractivity contribution >= 4 is 11.6 Å². The Labute approximate surface area is 102 Å². The highest BCUT2D eigenvalue weighted by Crippen LogP contribution is 2.19. The van der Waals surface area contributed by atoms with Crippen molar-refractivity contribution in [3.05, 3.63) is 34.9 Å². The topological polar surface area (TPSA) is 29.3 Å². The molecule has 0 spiro atoms. The molecule has 1 aromatic carbocycles. The molecule has 2 nitrogen and oxygen atoms in total. The van der Waals surface area contributed by atoms with Gasteiger partial charge in [0.15, 0.2) is 0 Å². The summed E-state index contributed by atoms with van der Waals surface area (Å²) in [6.45, 7) is 4.17. The minimum atomic E-state index is 0.732. The third kappa shape index (κ3) is 3.21. The second-order valence-corrected chi connectivity index (χ2v) is 5.02. The molecule has 0 amide bonds. The average Bonchev–Trinajstić information content (AvgIpc) is 2.30. The van der Waals surface area contributed by atoms with E-state index in [1.54, 1.807) is 0 Å². The second-order valence-electron chi connectivity index (χ2n) is 4.59. The minimum absolute atomic E-state index is 0.732. The number of halogens is 1. The number of nitrogens with two attached hydrogens (primary N) is 1. The molecule has 0 aliphatic carbocycles. The van der Waals surface area contributed by atoms with E-state index in [4.69, 9.17) is 17.3 Å². The molecule has 88 valence electrons. The van der Waals surface area contributed by atoms with Crippen molar-refractivity contribution in [1.82, 2.24) is 4.90 Å². The number of hydrogen-bond acceptors (Lipinski definition) is 2. The van der Waals surface area contributed by atoms with Crippen LogP contribution in [0.2, 0.25) is 5.02 Å². The van der Waals surface area contributed by atoms with Crippen molar-refractivity contribution in [2.45, 2.75) is 19.4 Å². The summed E-state index contributed by atoms with van der Waals surface area (Å²) in [5, 5.41) is 0.828. The first-order valence-electron chi connectivity index (χ1n) is 5.95. The van der Waals surface area contributed by atoms with Gasteiger partial charge in [0.25, 0.3) is 0 Å². The highest BCUT2D eigenvalue weighted by molar-refractivity contribution is 6.30. The molecule has 1 saturated heterocycles. The fourth-order valence-electron chi connectivity index (χ4n) is 2.27. The Hall–Kier alpha value is -0.570. The number of likely N-dealkylation sites (tertiary alicyclic amines) is 1. The Morgan fingerprint density at radius 2 is 2.06 bits per heavy atom. The average molecular weight is 239 g/mol. The molecule has 16 heavy (non-hydrogen) atoms. The highest BCUT2D eigenvalue weighted by atomic mass is 35.5. The zero-order valence-electron chi connectivity index (χ0n) is 9.53. The van der Waals surface area contributed by atoms with Gasteiger partial charge in [-0.3, -0.25) is 4.90 Å². The quantitative estimate of drug-likeness (QED) is 0.877. The van der Waals surface area contributed by atoms with E-state index in [0.717, 1.165) is 37.1 Å². The van der Waals surface area contributed by atoms with Crippen molar-refractivity contribution in [2.75, 3.05) is 19.6 Å². The van der Waals surface area contributed by atoms with Gasteiger partial charge in [0.05, 0.1) is 0 Å². The molecular weight excluding hydrogens is 220 g/mol. The number of piperidine rings is 1. The van der Waals surface area contributed by atoms with E-state index in [1.165, 1.54) is 18.4 Å². The van der Waals surface area contributed by atoms with Gasteiger partial charge in [-0.15, -0.1) is 0 Å². The largest absolute Gasteiger partial charge is 0.330 e. The van der Waals surface area contributed by atoms with Gasteiger partial charge < -0.3 is 5.73 Å². The van der Waals surface area contributed by atoms with Crippen LogP contribution in [0.15, 0.2) is 24.3 Å². The molecular formula is C13H19ClN2. The summed E-state index contributed by atoms with van der Waals surface area (Å²) in [5.74, 6) is 0.732. The fraction of sp³-hybridized carbons (Fsp3) is 0.538. The van der Waals surface area contributed by atoms with Gasteiger partial charge in [0.2, 0.25) is 0 Å². The molecule has 0 atom stereocenters. The molecule has 2 rings (SSSR count). The normalized spacial score (nSPS) is 18.9. The first-order valence-corrected chi connectivity index (χ1v) is 6.32. The third-order valence-corrected chi connectivity index (χ3v) is 3.57. The van der Waals surface area contributed by atoms with Crippen molar-refractivity contribution in [3.63, 3.8) is 0 Å². The maximum atomic E-state index is 5.97. The van der Waals surface area contributed by atoms with E-state index in [2.05, 4.69) is 17.0 Å². The molecule has 0 saturated carbocycles. The van der Waals surface area contributed by atoms with E-state index < -0.39 is 0 Å². The van der Waals surface area contributed by atoms with Crippen LogP contribution >= 0.6 is 11.6 Å². The number of hydrogen-bond donors (Lipinski definition) is 1. The molecule has 1 heterocycles. The third-order valence-electron chi connectivity index (χ3n) is 3.34. The zero-order valence-corrected chi connectivity index (χ0v) is 10.3. The van der Waals surface area contributed by atoms with E-state index in [0.29, 0.717) is 0 Å². The molecule has 0 unspecified atom stereocenters. The Kier molecular flexibility index (Phi) is 4.22. The number of rotatable bonds is 3. The monoisotopic (exact) mass is 238 g/mol. The first kappa shape index (κ1) is 11.9. The van der Waals surface area contributed by atoms with Crippen LogP contribution in [0.3, 0.4) is 0 Å². The summed E-state index contributed by atoms with van der Waals surface area (Å²) >= 11 is 5.97. The van der Waals surface area contributed by atoms with Crippen LogP contribution in [0.25, 0.3) is 0 Å². The summed E-state index contributed by atoms with van der Waals surface area (Å²) in [5.41, 5.74) is 6.99. The predicted molar refractivity (Wildman–Crippen MR) is 68.5 cm³/mol. The van der Waals surface area contributed by atoms with E-state index in [9.17, 15) is 0 Å². The lowest BCUT2D eigenvalue weighted by Crippen LogP contribution is -2.35. The molecule has 1 aliphatic rings. The summed E-state index contributed by atoms with van der Waals surface area (Å²) < 4.78 is 0. The van der Waals surface area contributed by atoms with Crippen molar-refractivity contribution < 1.29 is 0 Å². The molecule has 0 radical (unpaired) electrons. The summed E-state index contributed by atoms with van der Waals surface area (Å²) in [7, 11) is 0. The Bertz CT molecular complexity index is 332. The molecule has 0 bridgehead atoms. The van der Waals surface area contributed by atoms with Gasteiger partial charge in [-0.25, -0.2) is 0 Å². The van der Waals surface area contributed by atoms with Gasteiger partial charge in [-0.2, -0.15) is 0 Å². The predicted octanol–water partition coefficient (Wildman–Crippen LogP) is 2.51. The zero-order chi connectivity index (χ0) is 11.4. The second kappa shape index (κ2) is 5.67. The molecule has 3 heteroatoms. The molecule has 1 aromatic rings. The van der Waals surface area contributed by atoms with Crippen LogP contribution in [-0.4, -0.2) is 24.5 Å². The minimum Gasteiger partial charge on any atom is -0.330 e. The van der Waals surface area contributed by atoms with Gasteiger partial charge >= 0.3 is 0 Å².